The van der Waals surface area contributed by atoms with Gasteiger partial charge in [0.1, 0.15) is 11.3 Å². The third-order valence-corrected chi connectivity index (χ3v) is 3.46. The monoisotopic (exact) mass is 328 g/mol. The number of benzene rings is 1. The molecule has 24 heavy (non-hydrogen) atoms. The maximum Gasteiger partial charge on any atom is 0.305 e. The van der Waals surface area contributed by atoms with Gasteiger partial charge in [0.05, 0.1) is 12.9 Å². The van der Waals surface area contributed by atoms with E-state index in [4.69, 9.17) is 13.6 Å². The lowest BCUT2D eigenvalue weighted by Gasteiger charge is -2.04. The van der Waals surface area contributed by atoms with E-state index in [1.807, 2.05) is 13.0 Å². The number of furan rings is 2. The predicted octanol–water partition coefficient (Wildman–Crippen LogP) is 2.81. The second-order valence-corrected chi connectivity index (χ2v) is 5.03. The van der Waals surface area contributed by atoms with E-state index in [0.717, 1.165) is 5.39 Å². The first-order valence-electron chi connectivity index (χ1n) is 7.40. The number of fused-ring (bicyclic) bond motifs is 1. The van der Waals surface area contributed by atoms with Crippen LogP contribution >= 0.6 is 0 Å². The molecule has 2 aromatic heterocycles. The standard InChI is InChI=1S/C17H16N2O5/c1-3-22-11-6-7-13-12(9-11)10(2)15(24-13)17(21)19-18-16(20)14-5-4-8-23-14/h4-9H,3H2,1-2H3,(H,18,20)(H,19,21). The van der Waals surface area contributed by atoms with Gasteiger partial charge in [0.25, 0.3) is 0 Å². The number of rotatable bonds is 4. The Bertz CT molecular complexity index is 880. The number of hydrogen-bond acceptors (Lipinski definition) is 5. The number of carbonyl (C=O) groups excluding carboxylic acids is 2. The van der Waals surface area contributed by atoms with Gasteiger partial charge in [-0.3, -0.25) is 20.4 Å². The van der Waals surface area contributed by atoms with Crippen LogP contribution in [0, 0.1) is 6.92 Å². The fourth-order valence-corrected chi connectivity index (χ4v) is 2.31. The largest absolute Gasteiger partial charge is 0.494 e. The van der Waals surface area contributed by atoms with Crippen molar-refractivity contribution in [3.63, 3.8) is 0 Å². The Morgan fingerprint density at radius 1 is 1.17 bits per heavy atom. The number of aryl methyl sites for hydroxylation is 1. The van der Waals surface area contributed by atoms with Gasteiger partial charge in [-0.2, -0.15) is 0 Å². The van der Waals surface area contributed by atoms with Crippen LogP contribution in [0.15, 0.2) is 45.4 Å². The molecular weight excluding hydrogens is 312 g/mol. The number of hydrogen-bond donors (Lipinski definition) is 2. The first kappa shape index (κ1) is 15.7. The second-order valence-electron chi connectivity index (χ2n) is 5.03. The van der Waals surface area contributed by atoms with E-state index in [2.05, 4.69) is 10.9 Å². The summed E-state index contributed by atoms with van der Waals surface area (Å²) < 4.78 is 16.0. The van der Waals surface area contributed by atoms with E-state index in [0.29, 0.717) is 23.5 Å². The van der Waals surface area contributed by atoms with Crippen LogP contribution in [0.25, 0.3) is 11.0 Å². The molecular formula is C17H16N2O5. The lowest BCUT2D eigenvalue weighted by Crippen LogP contribution is -2.41. The molecule has 0 aliphatic carbocycles. The van der Waals surface area contributed by atoms with E-state index in [1.165, 1.54) is 12.3 Å². The summed E-state index contributed by atoms with van der Waals surface area (Å²) >= 11 is 0. The SMILES string of the molecule is CCOc1ccc2oc(C(=O)NNC(=O)c3ccco3)c(C)c2c1. The Morgan fingerprint density at radius 3 is 2.67 bits per heavy atom. The van der Waals surface area contributed by atoms with Crippen LogP contribution in [-0.2, 0) is 0 Å². The number of amides is 2. The van der Waals surface area contributed by atoms with E-state index in [1.54, 1.807) is 25.1 Å². The van der Waals surface area contributed by atoms with Gasteiger partial charge in [-0.25, -0.2) is 0 Å². The predicted molar refractivity (Wildman–Crippen MR) is 85.8 cm³/mol. The van der Waals surface area contributed by atoms with E-state index in [-0.39, 0.29) is 11.5 Å². The highest BCUT2D eigenvalue weighted by atomic mass is 16.5. The van der Waals surface area contributed by atoms with Gasteiger partial charge >= 0.3 is 11.8 Å². The fourth-order valence-electron chi connectivity index (χ4n) is 2.31. The number of ether oxygens (including phenoxy) is 1. The molecule has 0 atom stereocenters. The second kappa shape index (κ2) is 6.49. The van der Waals surface area contributed by atoms with Crippen molar-refractivity contribution in [1.82, 2.24) is 10.9 Å². The van der Waals surface area contributed by atoms with Crippen LogP contribution in [-0.4, -0.2) is 18.4 Å². The average molecular weight is 328 g/mol. The van der Waals surface area contributed by atoms with Crippen LogP contribution < -0.4 is 15.6 Å². The van der Waals surface area contributed by atoms with E-state index < -0.39 is 11.8 Å². The molecule has 3 aromatic rings. The normalized spacial score (nSPS) is 10.6. The highest BCUT2D eigenvalue weighted by Gasteiger charge is 2.19. The van der Waals surface area contributed by atoms with Crippen LogP contribution in [0.4, 0.5) is 0 Å². The quantitative estimate of drug-likeness (QED) is 0.718. The van der Waals surface area contributed by atoms with Crippen molar-refractivity contribution >= 4 is 22.8 Å². The van der Waals surface area contributed by atoms with E-state index >= 15 is 0 Å². The molecule has 7 heteroatoms. The number of nitrogens with one attached hydrogen (secondary N) is 2. The zero-order valence-electron chi connectivity index (χ0n) is 13.2. The lowest BCUT2D eigenvalue weighted by atomic mass is 10.1. The van der Waals surface area contributed by atoms with Crippen molar-refractivity contribution in [3.8, 4) is 5.75 Å². The minimum absolute atomic E-state index is 0.0954. The molecule has 1 aromatic carbocycles. The van der Waals surface area contributed by atoms with Crippen LogP contribution in [0.5, 0.6) is 5.75 Å². The summed E-state index contributed by atoms with van der Waals surface area (Å²) in [4.78, 5) is 24.0. The molecule has 3 rings (SSSR count). The van der Waals surface area contributed by atoms with Gasteiger partial charge in [-0.05, 0) is 44.2 Å². The molecule has 2 N–H and O–H groups in total. The highest BCUT2D eigenvalue weighted by Crippen LogP contribution is 2.28. The van der Waals surface area contributed by atoms with Gasteiger partial charge in [-0.1, -0.05) is 0 Å². The molecule has 0 aliphatic rings. The molecule has 0 saturated heterocycles. The summed E-state index contributed by atoms with van der Waals surface area (Å²) in [5.41, 5.74) is 5.81. The van der Waals surface area contributed by atoms with Crippen LogP contribution in [0.1, 0.15) is 33.6 Å². The Hall–Kier alpha value is -3.22. The minimum atomic E-state index is -0.555. The van der Waals surface area contributed by atoms with Crippen molar-refractivity contribution in [3.05, 3.63) is 53.7 Å². The van der Waals surface area contributed by atoms with Crippen molar-refractivity contribution in [2.45, 2.75) is 13.8 Å². The Kier molecular flexibility index (Phi) is 4.24. The molecule has 2 amide bonds. The van der Waals surface area contributed by atoms with Gasteiger partial charge in [-0.15, -0.1) is 0 Å². The Labute approximate surface area is 137 Å². The molecule has 0 unspecified atom stereocenters. The molecule has 0 radical (unpaired) electrons. The van der Waals surface area contributed by atoms with Gasteiger partial charge in [0.2, 0.25) is 0 Å². The third kappa shape index (κ3) is 2.96. The summed E-state index contributed by atoms with van der Waals surface area (Å²) in [5.74, 6) is -0.189. The van der Waals surface area contributed by atoms with Crippen molar-refractivity contribution in [2.24, 2.45) is 0 Å². The number of hydrazine groups is 1. The molecule has 0 saturated carbocycles. The van der Waals surface area contributed by atoms with Crippen molar-refractivity contribution in [1.29, 1.82) is 0 Å². The van der Waals surface area contributed by atoms with Crippen LogP contribution in [0.2, 0.25) is 0 Å². The summed E-state index contributed by atoms with van der Waals surface area (Å²) in [6.07, 6.45) is 1.37. The molecule has 0 bridgehead atoms. The molecule has 0 fully saturated rings. The maximum absolute atomic E-state index is 12.2. The smallest absolute Gasteiger partial charge is 0.305 e. The average Bonchev–Trinajstić information content (AvgIpc) is 3.22. The summed E-state index contributed by atoms with van der Waals surface area (Å²) in [6.45, 7) is 4.21. The minimum Gasteiger partial charge on any atom is -0.494 e. The molecule has 124 valence electrons. The number of carbonyl (C=O) groups is 2. The Balaban J connectivity index is 1.77. The summed E-state index contributed by atoms with van der Waals surface area (Å²) in [7, 11) is 0. The topological polar surface area (TPSA) is 93.7 Å². The molecule has 7 nitrogen and oxygen atoms in total. The first-order chi connectivity index (χ1) is 11.6. The van der Waals surface area contributed by atoms with Gasteiger partial charge in [0.15, 0.2) is 11.5 Å². The highest BCUT2D eigenvalue weighted by molar-refractivity contribution is 6.01. The zero-order valence-corrected chi connectivity index (χ0v) is 13.2. The van der Waals surface area contributed by atoms with Gasteiger partial charge in [0, 0.05) is 10.9 Å². The fraction of sp³-hybridized carbons (Fsp3) is 0.176. The van der Waals surface area contributed by atoms with Gasteiger partial charge < -0.3 is 13.6 Å². The van der Waals surface area contributed by atoms with Crippen molar-refractivity contribution in [2.75, 3.05) is 6.61 Å². The maximum atomic E-state index is 12.2. The summed E-state index contributed by atoms with van der Waals surface area (Å²) in [5, 5.41) is 0.781. The summed E-state index contributed by atoms with van der Waals surface area (Å²) in [6, 6.07) is 8.40. The van der Waals surface area contributed by atoms with Crippen molar-refractivity contribution < 1.29 is 23.2 Å². The third-order valence-electron chi connectivity index (χ3n) is 3.46. The molecule has 2 heterocycles. The van der Waals surface area contributed by atoms with E-state index in [9.17, 15) is 9.59 Å². The lowest BCUT2D eigenvalue weighted by molar-refractivity contribution is 0.0817. The molecule has 0 spiro atoms. The molecule has 0 aliphatic heterocycles. The Morgan fingerprint density at radius 2 is 1.96 bits per heavy atom. The zero-order chi connectivity index (χ0) is 17.1. The first-order valence-corrected chi connectivity index (χ1v) is 7.40. The van der Waals surface area contributed by atoms with Crippen LogP contribution in [0.3, 0.4) is 0 Å².